The molecule has 0 radical (unpaired) electrons. The highest BCUT2D eigenvalue weighted by Crippen LogP contribution is 2.34. The fraction of sp³-hybridized carbons (Fsp3) is 0.412. The van der Waals surface area contributed by atoms with Gasteiger partial charge in [0.1, 0.15) is 5.01 Å². The van der Waals surface area contributed by atoms with Crippen LogP contribution in [0.5, 0.6) is 0 Å². The van der Waals surface area contributed by atoms with E-state index in [0.717, 1.165) is 37.1 Å². The molecule has 1 saturated heterocycles. The van der Waals surface area contributed by atoms with Crippen LogP contribution in [0.3, 0.4) is 0 Å². The summed E-state index contributed by atoms with van der Waals surface area (Å²) in [7, 11) is 0. The van der Waals surface area contributed by atoms with Crippen molar-refractivity contribution in [2.75, 3.05) is 31.5 Å². The molecule has 0 unspecified atom stereocenters. The monoisotopic (exact) mass is 400 g/mol. The maximum Gasteiger partial charge on any atom is 0.418 e. The van der Waals surface area contributed by atoms with Gasteiger partial charge in [-0.25, -0.2) is 4.98 Å². The van der Waals surface area contributed by atoms with Gasteiger partial charge in [0.15, 0.2) is 5.11 Å². The number of para-hydroxylation sites is 1. The number of thiazole rings is 1. The van der Waals surface area contributed by atoms with Crippen molar-refractivity contribution >= 4 is 34.4 Å². The zero-order chi connectivity index (χ0) is 18.6. The minimum atomic E-state index is -4.41. The number of alkyl halides is 3. The molecule has 1 fully saturated rings. The van der Waals surface area contributed by atoms with Gasteiger partial charge in [0.25, 0.3) is 0 Å². The predicted molar refractivity (Wildman–Crippen MR) is 101 cm³/mol. The molecule has 1 aromatic carbocycles. The van der Waals surface area contributed by atoms with Gasteiger partial charge in [-0.05, 0) is 30.8 Å². The number of halogens is 3. The predicted octanol–water partition coefficient (Wildman–Crippen LogP) is 4.07. The Morgan fingerprint density at radius 2 is 2.00 bits per heavy atom. The summed E-state index contributed by atoms with van der Waals surface area (Å²) in [6, 6.07) is 5.41. The van der Waals surface area contributed by atoms with E-state index in [9.17, 15) is 13.2 Å². The second kappa shape index (κ2) is 8.32. The first-order chi connectivity index (χ1) is 12.4. The summed E-state index contributed by atoms with van der Waals surface area (Å²) in [6.07, 6.45) is -1.72. The Balaban J connectivity index is 1.61. The van der Waals surface area contributed by atoms with E-state index in [0.29, 0.717) is 18.2 Å². The van der Waals surface area contributed by atoms with Crippen molar-refractivity contribution in [1.82, 2.24) is 14.8 Å². The standard InChI is InChI=1S/C17H19F3N4S2/c18-17(19,20)13-4-1-2-5-14(13)22-16(25)24-8-3-7-23(9-10-24)12-15-21-6-11-26-15/h1-2,4-6,11H,3,7-10,12H2,(H,22,25). The molecule has 2 aromatic rings. The van der Waals surface area contributed by atoms with Crippen LogP contribution in [0.25, 0.3) is 0 Å². The van der Waals surface area contributed by atoms with Gasteiger partial charge in [-0.1, -0.05) is 12.1 Å². The number of nitrogens with one attached hydrogen (secondary N) is 1. The Hall–Kier alpha value is -1.71. The molecule has 1 aliphatic rings. The van der Waals surface area contributed by atoms with Crippen LogP contribution in [0.15, 0.2) is 35.8 Å². The largest absolute Gasteiger partial charge is 0.418 e. The van der Waals surface area contributed by atoms with Crippen LogP contribution in [0.4, 0.5) is 18.9 Å². The summed E-state index contributed by atoms with van der Waals surface area (Å²) in [5.41, 5.74) is -0.712. The number of hydrogen-bond acceptors (Lipinski definition) is 4. The molecule has 9 heteroatoms. The third kappa shape index (κ3) is 4.93. The first kappa shape index (κ1) is 19.1. The van der Waals surface area contributed by atoms with Gasteiger partial charge in [-0.15, -0.1) is 11.3 Å². The molecule has 0 saturated carbocycles. The van der Waals surface area contributed by atoms with Crippen molar-refractivity contribution < 1.29 is 13.2 Å². The molecule has 0 aliphatic carbocycles. The van der Waals surface area contributed by atoms with Gasteiger partial charge in [0.05, 0.1) is 17.8 Å². The van der Waals surface area contributed by atoms with E-state index in [1.807, 2.05) is 10.3 Å². The number of benzene rings is 1. The Morgan fingerprint density at radius 1 is 1.19 bits per heavy atom. The average Bonchev–Trinajstić information content (AvgIpc) is 2.98. The summed E-state index contributed by atoms with van der Waals surface area (Å²) in [4.78, 5) is 8.53. The van der Waals surface area contributed by atoms with Gasteiger partial charge >= 0.3 is 6.18 Å². The van der Waals surface area contributed by atoms with Crippen molar-refractivity contribution in [2.24, 2.45) is 0 Å². The maximum atomic E-state index is 13.1. The van der Waals surface area contributed by atoms with E-state index >= 15 is 0 Å². The molecule has 26 heavy (non-hydrogen) atoms. The molecule has 140 valence electrons. The molecule has 1 N–H and O–H groups in total. The van der Waals surface area contributed by atoms with Crippen molar-refractivity contribution in [3.63, 3.8) is 0 Å². The van der Waals surface area contributed by atoms with Crippen LogP contribution in [0.1, 0.15) is 17.0 Å². The molecular formula is C17H19F3N4S2. The lowest BCUT2D eigenvalue weighted by atomic mass is 10.1. The number of thiocarbonyl (C=S) groups is 1. The Bertz CT molecular complexity index is 734. The normalized spacial score (nSPS) is 16.3. The van der Waals surface area contributed by atoms with Gasteiger partial charge in [-0.2, -0.15) is 13.2 Å². The van der Waals surface area contributed by atoms with Crippen molar-refractivity contribution in [3.8, 4) is 0 Å². The summed E-state index contributed by atoms with van der Waals surface area (Å²) >= 11 is 7.00. The molecule has 0 atom stereocenters. The molecule has 3 rings (SSSR count). The van der Waals surface area contributed by atoms with Crippen LogP contribution in [-0.4, -0.2) is 46.1 Å². The second-order valence-electron chi connectivity index (χ2n) is 6.02. The molecule has 4 nitrogen and oxygen atoms in total. The SMILES string of the molecule is FC(F)(F)c1ccccc1NC(=S)N1CCCN(Cc2nccs2)CC1. The topological polar surface area (TPSA) is 31.4 Å². The molecular weight excluding hydrogens is 381 g/mol. The van der Waals surface area contributed by atoms with Gasteiger partial charge in [0.2, 0.25) is 0 Å². The first-order valence-electron chi connectivity index (χ1n) is 8.26. The minimum absolute atomic E-state index is 0.00566. The minimum Gasteiger partial charge on any atom is -0.348 e. The molecule has 1 aliphatic heterocycles. The summed E-state index contributed by atoms with van der Waals surface area (Å²) in [6.45, 7) is 3.89. The molecule has 0 bridgehead atoms. The van der Waals surface area contributed by atoms with E-state index in [2.05, 4.69) is 15.2 Å². The number of aromatic nitrogens is 1. The van der Waals surface area contributed by atoms with Crippen LogP contribution >= 0.6 is 23.6 Å². The lowest BCUT2D eigenvalue weighted by Gasteiger charge is -2.25. The zero-order valence-electron chi connectivity index (χ0n) is 14.0. The number of nitrogens with zero attached hydrogens (tertiary/aromatic N) is 3. The third-order valence-corrected chi connectivity index (χ3v) is 5.32. The Kier molecular flexibility index (Phi) is 6.10. The molecule has 2 heterocycles. The van der Waals surface area contributed by atoms with E-state index in [-0.39, 0.29) is 5.69 Å². The highest BCUT2D eigenvalue weighted by Gasteiger charge is 2.33. The lowest BCUT2D eigenvalue weighted by molar-refractivity contribution is -0.136. The number of rotatable bonds is 3. The van der Waals surface area contributed by atoms with E-state index in [1.54, 1.807) is 23.6 Å². The molecule has 0 amide bonds. The lowest BCUT2D eigenvalue weighted by Crippen LogP contribution is -2.38. The first-order valence-corrected chi connectivity index (χ1v) is 9.55. The van der Waals surface area contributed by atoms with Crippen molar-refractivity contribution in [1.29, 1.82) is 0 Å². The van der Waals surface area contributed by atoms with E-state index < -0.39 is 11.7 Å². The van der Waals surface area contributed by atoms with Crippen molar-refractivity contribution in [2.45, 2.75) is 19.1 Å². The van der Waals surface area contributed by atoms with E-state index in [1.165, 1.54) is 12.1 Å². The summed E-state index contributed by atoms with van der Waals surface area (Å²) in [5.74, 6) is 0. The Labute approximate surface area is 159 Å². The van der Waals surface area contributed by atoms with Gasteiger partial charge in [-0.3, -0.25) is 4.90 Å². The average molecular weight is 400 g/mol. The highest BCUT2D eigenvalue weighted by atomic mass is 32.1. The van der Waals surface area contributed by atoms with E-state index in [4.69, 9.17) is 12.2 Å². The fourth-order valence-corrected chi connectivity index (χ4v) is 3.84. The van der Waals surface area contributed by atoms with Crippen LogP contribution in [0, 0.1) is 0 Å². The summed E-state index contributed by atoms with van der Waals surface area (Å²) in [5, 5.41) is 6.14. The smallest absolute Gasteiger partial charge is 0.348 e. The van der Waals surface area contributed by atoms with Crippen LogP contribution in [0.2, 0.25) is 0 Å². The van der Waals surface area contributed by atoms with Gasteiger partial charge in [0, 0.05) is 37.8 Å². The Morgan fingerprint density at radius 3 is 2.73 bits per heavy atom. The maximum absolute atomic E-state index is 13.1. The van der Waals surface area contributed by atoms with Gasteiger partial charge < -0.3 is 10.2 Å². The number of hydrogen-bond donors (Lipinski definition) is 1. The zero-order valence-corrected chi connectivity index (χ0v) is 15.6. The van der Waals surface area contributed by atoms with Crippen LogP contribution < -0.4 is 5.32 Å². The third-order valence-electron chi connectivity index (χ3n) is 4.19. The summed E-state index contributed by atoms with van der Waals surface area (Å²) < 4.78 is 39.4. The molecule has 1 aromatic heterocycles. The second-order valence-corrected chi connectivity index (χ2v) is 7.38. The quantitative estimate of drug-likeness (QED) is 0.785. The van der Waals surface area contributed by atoms with Crippen molar-refractivity contribution in [3.05, 3.63) is 46.4 Å². The highest BCUT2D eigenvalue weighted by molar-refractivity contribution is 7.80. The number of anilines is 1. The fourth-order valence-electron chi connectivity index (χ4n) is 2.89. The van der Waals surface area contributed by atoms with Crippen LogP contribution in [-0.2, 0) is 12.7 Å². The molecule has 0 spiro atoms.